The molecular weight excluding hydrogens is 405 g/mol. The minimum atomic E-state index is -1.57. The van der Waals surface area contributed by atoms with Gasteiger partial charge in [0.2, 0.25) is 5.91 Å². The van der Waals surface area contributed by atoms with Gasteiger partial charge in [0, 0.05) is 29.6 Å². The number of hydrogen-bond donors (Lipinski definition) is 3. The third-order valence-corrected chi connectivity index (χ3v) is 4.50. The van der Waals surface area contributed by atoms with Gasteiger partial charge in [-0.2, -0.15) is 0 Å². The quantitative estimate of drug-likeness (QED) is 0.573. The van der Waals surface area contributed by atoms with E-state index >= 15 is 0 Å². The third-order valence-electron chi connectivity index (χ3n) is 4.07. The van der Waals surface area contributed by atoms with E-state index in [1.807, 2.05) is 24.3 Å². The van der Waals surface area contributed by atoms with Crippen molar-refractivity contribution in [2.75, 3.05) is 13.7 Å². The van der Waals surface area contributed by atoms with E-state index in [4.69, 9.17) is 33.0 Å². The molecule has 1 amide bonds. The van der Waals surface area contributed by atoms with Crippen LogP contribution in [0.5, 0.6) is 0 Å². The maximum Gasteiger partial charge on any atom is 0.332 e. The van der Waals surface area contributed by atoms with E-state index in [0.717, 1.165) is 16.7 Å². The number of amides is 1. The van der Waals surface area contributed by atoms with Crippen molar-refractivity contribution >= 4 is 35.1 Å². The van der Waals surface area contributed by atoms with Crippen LogP contribution in [0.3, 0.4) is 0 Å². The Balaban J connectivity index is 2.14. The van der Waals surface area contributed by atoms with Crippen molar-refractivity contribution in [3.05, 3.63) is 58.1 Å². The summed E-state index contributed by atoms with van der Waals surface area (Å²) < 4.78 is 4.78. The van der Waals surface area contributed by atoms with Crippen LogP contribution in [-0.4, -0.2) is 48.0 Å². The molecule has 28 heavy (non-hydrogen) atoms. The van der Waals surface area contributed by atoms with Crippen molar-refractivity contribution in [2.24, 2.45) is 0 Å². The summed E-state index contributed by atoms with van der Waals surface area (Å²) in [6.45, 7) is -0.145. The summed E-state index contributed by atoms with van der Waals surface area (Å²) in [7, 11) is 1.39. The molecule has 2 rings (SSSR count). The van der Waals surface area contributed by atoms with E-state index in [2.05, 4.69) is 5.32 Å². The van der Waals surface area contributed by atoms with Crippen LogP contribution in [0.15, 0.2) is 42.5 Å². The van der Waals surface area contributed by atoms with Crippen LogP contribution in [0.1, 0.15) is 12.0 Å². The van der Waals surface area contributed by atoms with Crippen LogP contribution < -0.4 is 5.32 Å². The first kappa shape index (κ1) is 22.2. The lowest BCUT2D eigenvalue weighted by molar-refractivity contribution is -0.147. The molecule has 0 radical (unpaired) electrons. The van der Waals surface area contributed by atoms with Gasteiger partial charge in [-0.25, -0.2) is 4.79 Å². The molecular formula is C20H21Cl2NO5. The Bertz CT molecular complexity index is 806. The second-order valence-corrected chi connectivity index (χ2v) is 7.22. The highest BCUT2D eigenvalue weighted by Gasteiger charge is 2.22. The highest BCUT2D eigenvalue weighted by molar-refractivity contribution is 6.35. The predicted molar refractivity (Wildman–Crippen MR) is 108 cm³/mol. The van der Waals surface area contributed by atoms with Gasteiger partial charge >= 0.3 is 5.97 Å². The molecule has 0 heterocycles. The average molecular weight is 426 g/mol. The van der Waals surface area contributed by atoms with E-state index in [1.165, 1.54) is 7.11 Å². The molecule has 0 aliphatic heterocycles. The van der Waals surface area contributed by atoms with Crippen molar-refractivity contribution in [1.82, 2.24) is 5.32 Å². The Morgan fingerprint density at radius 1 is 1.07 bits per heavy atom. The fourth-order valence-electron chi connectivity index (χ4n) is 2.80. The highest BCUT2D eigenvalue weighted by atomic mass is 35.5. The first-order chi connectivity index (χ1) is 13.3. The number of methoxy groups -OCH3 is 1. The zero-order valence-electron chi connectivity index (χ0n) is 15.2. The topological polar surface area (TPSA) is 95.9 Å². The number of carbonyl (C=O) groups excluding carboxylic acids is 1. The highest BCUT2D eigenvalue weighted by Crippen LogP contribution is 2.27. The predicted octanol–water partition coefficient (Wildman–Crippen LogP) is 3.17. The van der Waals surface area contributed by atoms with E-state index < -0.39 is 18.1 Å². The van der Waals surface area contributed by atoms with Gasteiger partial charge < -0.3 is 20.3 Å². The van der Waals surface area contributed by atoms with E-state index in [9.17, 15) is 14.7 Å². The summed E-state index contributed by atoms with van der Waals surface area (Å²) in [5, 5.41) is 22.4. The normalized spacial score (nSPS) is 13.0. The summed E-state index contributed by atoms with van der Waals surface area (Å²) in [5.74, 6) is -1.71. The number of aliphatic hydroxyl groups is 1. The van der Waals surface area contributed by atoms with Gasteiger partial charge in [-0.1, -0.05) is 47.5 Å². The van der Waals surface area contributed by atoms with Gasteiger partial charge in [0.05, 0.1) is 0 Å². The molecule has 2 atom stereocenters. The van der Waals surface area contributed by atoms with Gasteiger partial charge in [-0.05, 0) is 41.3 Å². The summed E-state index contributed by atoms with van der Waals surface area (Å²) in [4.78, 5) is 22.8. The smallest absolute Gasteiger partial charge is 0.332 e. The third kappa shape index (κ3) is 6.80. The van der Waals surface area contributed by atoms with Gasteiger partial charge in [0.1, 0.15) is 6.61 Å². The maximum atomic E-state index is 11.8. The fourth-order valence-corrected chi connectivity index (χ4v) is 3.33. The molecule has 0 fully saturated rings. The number of hydrogen-bond acceptors (Lipinski definition) is 4. The zero-order valence-corrected chi connectivity index (χ0v) is 16.7. The van der Waals surface area contributed by atoms with Crippen LogP contribution in [0.25, 0.3) is 11.1 Å². The Kier molecular flexibility index (Phi) is 8.26. The van der Waals surface area contributed by atoms with Crippen LogP contribution in [0.4, 0.5) is 0 Å². The minimum Gasteiger partial charge on any atom is -0.479 e. The molecule has 0 saturated carbocycles. The van der Waals surface area contributed by atoms with Crippen LogP contribution in [-0.2, 0) is 20.7 Å². The van der Waals surface area contributed by atoms with E-state index in [1.54, 1.807) is 18.2 Å². The Hall–Kier alpha value is -2.12. The number of halogens is 2. The SMILES string of the molecule is COCC(=O)NC(Cc1ccc(-c2cc(Cl)cc(Cl)c2)cc1)C[C@H](O)C(=O)O. The molecule has 1 unspecified atom stereocenters. The summed E-state index contributed by atoms with van der Waals surface area (Å²) in [6, 6.07) is 12.2. The molecule has 3 N–H and O–H groups in total. The number of ether oxygens (including phenoxy) is 1. The molecule has 0 aromatic heterocycles. The van der Waals surface area contributed by atoms with Crippen molar-refractivity contribution in [3.8, 4) is 11.1 Å². The molecule has 6 nitrogen and oxygen atoms in total. The summed E-state index contributed by atoms with van der Waals surface area (Å²) in [5.41, 5.74) is 2.66. The number of aliphatic carboxylic acids is 1. The number of rotatable bonds is 9. The number of aliphatic hydroxyl groups excluding tert-OH is 1. The molecule has 2 aromatic rings. The first-order valence-corrected chi connectivity index (χ1v) is 9.28. The maximum absolute atomic E-state index is 11.8. The Morgan fingerprint density at radius 3 is 2.21 bits per heavy atom. The largest absolute Gasteiger partial charge is 0.479 e. The average Bonchev–Trinajstić information content (AvgIpc) is 2.61. The fraction of sp³-hybridized carbons (Fsp3) is 0.300. The number of nitrogens with one attached hydrogen (secondary N) is 1. The lowest BCUT2D eigenvalue weighted by atomic mass is 9.98. The van der Waals surface area contributed by atoms with Gasteiger partial charge in [0.15, 0.2) is 6.10 Å². The number of benzene rings is 2. The monoisotopic (exact) mass is 425 g/mol. The summed E-state index contributed by atoms with van der Waals surface area (Å²) >= 11 is 12.1. The Morgan fingerprint density at radius 2 is 1.68 bits per heavy atom. The lowest BCUT2D eigenvalue weighted by Gasteiger charge is -2.20. The molecule has 150 valence electrons. The van der Waals surface area contributed by atoms with Crippen LogP contribution >= 0.6 is 23.2 Å². The molecule has 0 aliphatic rings. The van der Waals surface area contributed by atoms with Crippen LogP contribution in [0.2, 0.25) is 10.0 Å². The molecule has 0 spiro atoms. The van der Waals surface area contributed by atoms with Gasteiger partial charge in [-0.3, -0.25) is 4.79 Å². The first-order valence-electron chi connectivity index (χ1n) is 8.53. The minimum absolute atomic E-state index is 0.115. The van der Waals surface area contributed by atoms with E-state index in [0.29, 0.717) is 16.5 Å². The lowest BCUT2D eigenvalue weighted by Crippen LogP contribution is -2.42. The molecule has 2 aromatic carbocycles. The van der Waals surface area contributed by atoms with Crippen LogP contribution in [0, 0.1) is 0 Å². The van der Waals surface area contributed by atoms with Crippen molar-refractivity contribution in [1.29, 1.82) is 0 Å². The number of carbonyl (C=O) groups is 2. The molecule has 0 saturated heterocycles. The Labute approximate surface area is 173 Å². The molecule has 0 aliphatic carbocycles. The van der Waals surface area contributed by atoms with Crippen molar-refractivity contribution < 1.29 is 24.5 Å². The summed E-state index contributed by atoms with van der Waals surface area (Å²) in [6.07, 6.45) is -1.33. The number of carboxylic acid groups (broad SMARTS) is 1. The van der Waals surface area contributed by atoms with Gasteiger partial charge in [0.25, 0.3) is 0 Å². The van der Waals surface area contributed by atoms with Gasteiger partial charge in [-0.15, -0.1) is 0 Å². The standard InChI is InChI=1S/C20H21Cl2NO5/c1-28-11-19(25)23-17(10-18(24)20(26)27)6-12-2-4-13(5-3-12)14-7-15(21)9-16(22)8-14/h2-5,7-9,17-18,24H,6,10-11H2,1H3,(H,23,25)(H,26,27)/t17?,18-/m0/s1. The second-order valence-electron chi connectivity index (χ2n) is 6.35. The zero-order chi connectivity index (χ0) is 20.7. The van der Waals surface area contributed by atoms with Crippen molar-refractivity contribution in [2.45, 2.75) is 25.0 Å². The van der Waals surface area contributed by atoms with Crippen molar-refractivity contribution in [3.63, 3.8) is 0 Å². The number of carboxylic acids is 1. The van der Waals surface area contributed by atoms with E-state index in [-0.39, 0.29) is 18.9 Å². The second kappa shape index (κ2) is 10.4. The molecule has 0 bridgehead atoms. The molecule has 8 heteroatoms.